The molecule has 3 rings (SSSR count). The summed E-state index contributed by atoms with van der Waals surface area (Å²) >= 11 is 0. The standard InChI is InChI=1S/C21H22N4O/c1-13(2)21-17(8-18(9-22)15(4)25-21)7-14(3)16-5-6-19(24-10-16)20-11-23-12-26-20/h5-6,8,10-14H,7H2,1-4H3. The lowest BCUT2D eigenvalue weighted by Gasteiger charge is -2.17. The molecule has 0 fully saturated rings. The first-order valence-electron chi connectivity index (χ1n) is 8.75. The van der Waals surface area contributed by atoms with Gasteiger partial charge in [0.05, 0.1) is 17.5 Å². The zero-order valence-corrected chi connectivity index (χ0v) is 15.5. The van der Waals surface area contributed by atoms with Crippen molar-refractivity contribution in [2.75, 3.05) is 0 Å². The molecule has 3 aromatic heterocycles. The van der Waals surface area contributed by atoms with Gasteiger partial charge in [-0.2, -0.15) is 5.26 Å². The summed E-state index contributed by atoms with van der Waals surface area (Å²) in [6, 6.07) is 8.25. The van der Waals surface area contributed by atoms with E-state index in [2.05, 4.69) is 47.9 Å². The van der Waals surface area contributed by atoms with E-state index >= 15 is 0 Å². The molecular formula is C21H22N4O. The molecule has 0 saturated carbocycles. The average molecular weight is 346 g/mol. The maximum Gasteiger partial charge on any atom is 0.181 e. The normalized spacial score (nSPS) is 12.2. The molecule has 0 bridgehead atoms. The molecule has 0 spiro atoms. The summed E-state index contributed by atoms with van der Waals surface area (Å²) in [5.74, 6) is 1.24. The summed E-state index contributed by atoms with van der Waals surface area (Å²) < 4.78 is 5.28. The van der Waals surface area contributed by atoms with Crippen LogP contribution in [0.1, 0.15) is 60.7 Å². The number of hydrogen-bond acceptors (Lipinski definition) is 5. The second-order valence-electron chi connectivity index (χ2n) is 6.88. The Kier molecular flexibility index (Phi) is 5.13. The molecule has 26 heavy (non-hydrogen) atoms. The highest BCUT2D eigenvalue weighted by atomic mass is 16.3. The van der Waals surface area contributed by atoms with Crippen molar-refractivity contribution in [2.45, 2.75) is 46.0 Å². The van der Waals surface area contributed by atoms with Crippen LogP contribution >= 0.6 is 0 Å². The Hall–Kier alpha value is -3.00. The third-order valence-corrected chi connectivity index (χ3v) is 4.56. The molecule has 1 atom stereocenters. The fraction of sp³-hybridized carbons (Fsp3) is 0.333. The van der Waals surface area contributed by atoms with Crippen molar-refractivity contribution in [3.8, 4) is 17.5 Å². The Bertz CT molecular complexity index is 922. The second-order valence-corrected chi connectivity index (χ2v) is 6.88. The zero-order valence-electron chi connectivity index (χ0n) is 15.5. The van der Waals surface area contributed by atoms with Gasteiger partial charge in [-0.15, -0.1) is 0 Å². The topological polar surface area (TPSA) is 75.6 Å². The van der Waals surface area contributed by atoms with Crippen LogP contribution in [-0.4, -0.2) is 15.0 Å². The van der Waals surface area contributed by atoms with Crippen molar-refractivity contribution in [1.82, 2.24) is 15.0 Å². The van der Waals surface area contributed by atoms with Crippen LogP contribution < -0.4 is 0 Å². The molecule has 3 aromatic rings. The molecule has 0 saturated heterocycles. The predicted molar refractivity (Wildman–Crippen MR) is 99.6 cm³/mol. The molecule has 5 heteroatoms. The third-order valence-electron chi connectivity index (χ3n) is 4.56. The van der Waals surface area contributed by atoms with Crippen LogP contribution in [0.3, 0.4) is 0 Å². The van der Waals surface area contributed by atoms with Gasteiger partial charge in [-0.1, -0.05) is 26.8 Å². The van der Waals surface area contributed by atoms with Gasteiger partial charge < -0.3 is 4.42 Å². The van der Waals surface area contributed by atoms with Crippen molar-refractivity contribution >= 4 is 0 Å². The lowest BCUT2D eigenvalue weighted by Crippen LogP contribution is -2.08. The Labute approximate surface area is 153 Å². The fourth-order valence-corrected chi connectivity index (χ4v) is 3.07. The van der Waals surface area contributed by atoms with Gasteiger partial charge in [-0.25, -0.2) is 4.98 Å². The van der Waals surface area contributed by atoms with E-state index in [9.17, 15) is 5.26 Å². The van der Waals surface area contributed by atoms with E-state index < -0.39 is 0 Å². The number of aromatic nitrogens is 3. The van der Waals surface area contributed by atoms with Gasteiger partial charge in [0.15, 0.2) is 12.2 Å². The molecule has 132 valence electrons. The Morgan fingerprint density at radius 1 is 1.19 bits per heavy atom. The van der Waals surface area contributed by atoms with E-state index in [-0.39, 0.29) is 5.92 Å². The summed E-state index contributed by atoms with van der Waals surface area (Å²) in [7, 11) is 0. The highest BCUT2D eigenvalue weighted by molar-refractivity contribution is 5.50. The molecular weight excluding hydrogens is 324 g/mol. The summed E-state index contributed by atoms with van der Waals surface area (Å²) in [5, 5.41) is 9.33. The minimum absolute atomic E-state index is 0.264. The van der Waals surface area contributed by atoms with E-state index in [0.717, 1.165) is 34.6 Å². The molecule has 3 heterocycles. The monoisotopic (exact) mass is 346 g/mol. The van der Waals surface area contributed by atoms with Gasteiger partial charge in [0.25, 0.3) is 0 Å². The van der Waals surface area contributed by atoms with Crippen LogP contribution in [-0.2, 0) is 6.42 Å². The van der Waals surface area contributed by atoms with Gasteiger partial charge in [0, 0.05) is 11.9 Å². The summed E-state index contributed by atoms with van der Waals surface area (Å²) in [6.07, 6.45) is 5.75. The maximum absolute atomic E-state index is 9.33. The first-order valence-corrected chi connectivity index (χ1v) is 8.75. The number of nitriles is 1. The first-order chi connectivity index (χ1) is 12.5. The maximum atomic E-state index is 9.33. The van der Waals surface area contributed by atoms with E-state index in [4.69, 9.17) is 4.42 Å². The van der Waals surface area contributed by atoms with E-state index in [1.165, 1.54) is 6.39 Å². The third kappa shape index (κ3) is 3.65. The SMILES string of the molecule is Cc1nc(C(C)C)c(CC(C)c2ccc(-c3cnco3)nc2)cc1C#N. The molecule has 5 nitrogen and oxygen atoms in total. The minimum Gasteiger partial charge on any atom is -0.442 e. The Morgan fingerprint density at radius 3 is 2.58 bits per heavy atom. The average Bonchev–Trinajstić information content (AvgIpc) is 3.17. The predicted octanol–water partition coefficient (Wildman–Crippen LogP) is 4.78. The van der Waals surface area contributed by atoms with Gasteiger partial charge in [0.2, 0.25) is 0 Å². The molecule has 0 aromatic carbocycles. The van der Waals surface area contributed by atoms with E-state index in [0.29, 0.717) is 17.2 Å². The lowest BCUT2D eigenvalue weighted by molar-refractivity contribution is 0.569. The van der Waals surface area contributed by atoms with E-state index in [1.54, 1.807) is 6.20 Å². The summed E-state index contributed by atoms with van der Waals surface area (Å²) in [5.41, 5.74) is 5.56. The first kappa shape index (κ1) is 17.8. The van der Waals surface area contributed by atoms with E-state index in [1.807, 2.05) is 25.3 Å². The Balaban J connectivity index is 1.85. The van der Waals surface area contributed by atoms with Crippen molar-refractivity contribution in [3.05, 3.63) is 65.1 Å². The number of oxazole rings is 1. The van der Waals surface area contributed by atoms with Crippen LogP contribution in [0.5, 0.6) is 0 Å². The molecule has 1 unspecified atom stereocenters. The van der Waals surface area contributed by atoms with Gasteiger partial charge in [-0.3, -0.25) is 9.97 Å². The molecule has 0 aliphatic rings. The summed E-state index contributed by atoms with van der Waals surface area (Å²) in [6.45, 7) is 8.33. The van der Waals surface area contributed by atoms with Crippen LogP contribution in [0, 0.1) is 18.3 Å². The lowest BCUT2D eigenvalue weighted by atomic mass is 9.90. The van der Waals surface area contributed by atoms with Crippen LogP contribution in [0.15, 0.2) is 41.4 Å². The second kappa shape index (κ2) is 7.49. The number of nitrogens with zero attached hydrogens (tertiary/aromatic N) is 4. The Morgan fingerprint density at radius 2 is 2.00 bits per heavy atom. The zero-order chi connectivity index (χ0) is 18.7. The van der Waals surface area contributed by atoms with Crippen molar-refractivity contribution in [3.63, 3.8) is 0 Å². The van der Waals surface area contributed by atoms with Gasteiger partial charge >= 0.3 is 0 Å². The number of pyridine rings is 2. The minimum atomic E-state index is 0.264. The van der Waals surface area contributed by atoms with Crippen LogP contribution in [0.25, 0.3) is 11.5 Å². The van der Waals surface area contributed by atoms with Crippen molar-refractivity contribution in [2.24, 2.45) is 0 Å². The molecule has 0 N–H and O–H groups in total. The van der Waals surface area contributed by atoms with Crippen molar-refractivity contribution < 1.29 is 4.42 Å². The fourth-order valence-electron chi connectivity index (χ4n) is 3.07. The largest absolute Gasteiger partial charge is 0.442 e. The van der Waals surface area contributed by atoms with Crippen LogP contribution in [0.2, 0.25) is 0 Å². The summed E-state index contributed by atoms with van der Waals surface area (Å²) in [4.78, 5) is 13.1. The van der Waals surface area contributed by atoms with Gasteiger partial charge in [0.1, 0.15) is 11.8 Å². The molecule has 0 radical (unpaired) electrons. The van der Waals surface area contributed by atoms with Crippen LogP contribution in [0.4, 0.5) is 0 Å². The molecule has 0 amide bonds. The quantitative estimate of drug-likeness (QED) is 0.664. The number of aryl methyl sites for hydroxylation is 1. The molecule has 0 aliphatic heterocycles. The number of rotatable bonds is 5. The van der Waals surface area contributed by atoms with Gasteiger partial charge in [-0.05, 0) is 48.4 Å². The molecule has 0 aliphatic carbocycles. The smallest absolute Gasteiger partial charge is 0.181 e. The highest BCUT2D eigenvalue weighted by Gasteiger charge is 2.16. The van der Waals surface area contributed by atoms with Crippen molar-refractivity contribution in [1.29, 1.82) is 5.26 Å². The highest BCUT2D eigenvalue weighted by Crippen LogP contribution is 2.27. The number of hydrogen-bond donors (Lipinski definition) is 0.